The maximum atomic E-state index is 13.0. The summed E-state index contributed by atoms with van der Waals surface area (Å²) in [7, 11) is 0. The molecule has 2 saturated heterocycles. The Kier molecular flexibility index (Phi) is 6.97. The van der Waals surface area contributed by atoms with E-state index >= 15 is 0 Å². The van der Waals surface area contributed by atoms with Gasteiger partial charge in [0.15, 0.2) is 5.82 Å². The van der Waals surface area contributed by atoms with E-state index in [-0.39, 0.29) is 18.0 Å². The molecule has 3 aliphatic rings. The molecule has 0 spiro atoms. The van der Waals surface area contributed by atoms with E-state index in [1.165, 1.54) is 31.2 Å². The van der Waals surface area contributed by atoms with E-state index in [0.29, 0.717) is 19.6 Å². The second-order valence-corrected chi connectivity index (χ2v) is 10.6. The third kappa shape index (κ3) is 5.02. The van der Waals surface area contributed by atoms with Gasteiger partial charge in [0, 0.05) is 38.8 Å². The number of likely N-dealkylation sites (tertiary alicyclic amines) is 1. The van der Waals surface area contributed by atoms with E-state index < -0.39 is 0 Å². The molecule has 2 aromatic heterocycles. The van der Waals surface area contributed by atoms with Crippen LogP contribution in [-0.4, -0.2) is 101 Å². The SMILES string of the molecule is O=C(Cn1cncn1)N1CCC(c2nnnn2Cc2ccccc2)(N2CCCN(C3CCC3)CC2)CC1. The van der Waals surface area contributed by atoms with Gasteiger partial charge in [0.2, 0.25) is 5.91 Å². The summed E-state index contributed by atoms with van der Waals surface area (Å²) in [5.74, 6) is 1.01. The van der Waals surface area contributed by atoms with Crippen molar-refractivity contribution in [3.8, 4) is 0 Å². The van der Waals surface area contributed by atoms with Crippen LogP contribution in [0.5, 0.6) is 0 Å². The second-order valence-electron chi connectivity index (χ2n) is 10.6. The summed E-state index contributed by atoms with van der Waals surface area (Å²) >= 11 is 0. The van der Waals surface area contributed by atoms with Crippen molar-refractivity contribution >= 4 is 5.91 Å². The van der Waals surface area contributed by atoms with Crippen LogP contribution in [0.2, 0.25) is 0 Å². The molecule has 1 amide bonds. The molecule has 11 nitrogen and oxygen atoms in total. The van der Waals surface area contributed by atoms with Crippen molar-refractivity contribution in [1.29, 1.82) is 0 Å². The Morgan fingerprint density at radius 3 is 2.54 bits per heavy atom. The highest BCUT2D eigenvalue weighted by molar-refractivity contribution is 5.76. The van der Waals surface area contributed by atoms with Gasteiger partial charge in [0.25, 0.3) is 0 Å². The molecule has 0 unspecified atom stereocenters. The number of nitrogens with zero attached hydrogens (tertiary/aromatic N) is 10. The van der Waals surface area contributed by atoms with Crippen LogP contribution < -0.4 is 0 Å². The summed E-state index contributed by atoms with van der Waals surface area (Å²) < 4.78 is 3.57. The Balaban J connectivity index is 1.24. The minimum Gasteiger partial charge on any atom is -0.341 e. The first-order valence-electron chi connectivity index (χ1n) is 13.6. The molecule has 0 atom stereocenters. The zero-order valence-corrected chi connectivity index (χ0v) is 21.4. The molecule has 3 aromatic rings. The van der Waals surface area contributed by atoms with E-state index in [9.17, 15) is 4.79 Å². The summed E-state index contributed by atoms with van der Waals surface area (Å²) in [6.45, 7) is 6.48. The number of piperidine rings is 1. The Bertz CT molecular complexity index is 1150. The van der Waals surface area contributed by atoms with Crippen molar-refractivity contribution in [1.82, 2.24) is 49.7 Å². The first-order valence-corrected chi connectivity index (χ1v) is 13.6. The molecular formula is C26H36N10O. The predicted molar refractivity (Wildman–Crippen MR) is 136 cm³/mol. The molecule has 4 heterocycles. The van der Waals surface area contributed by atoms with E-state index in [4.69, 9.17) is 0 Å². The summed E-state index contributed by atoms with van der Waals surface area (Å²) in [6.07, 6.45) is 9.87. The van der Waals surface area contributed by atoms with E-state index in [1.54, 1.807) is 11.0 Å². The quantitative estimate of drug-likeness (QED) is 0.476. The molecule has 0 radical (unpaired) electrons. The summed E-state index contributed by atoms with van der Waals surface area (Å²) in [5, 5.41) is 17.3. The average molecular weight is 505 g/mol. The molecule has 1 aliphatic carbocycles. The van der Waals surface area contributed by atoms with Gasteiger partial charge in [-0.25, -0.2) is 14.3 Å². The van der Waals surface area contributed by atoms with Crippen LogP contribution in [0.15, 0.2) is 43.0 Å². The lowest BCUT2D eigenvalue weighted by atomic mass is 9.84. The van der Waals surface area contributed by atoms with Gasteiger partial charge in [0.05, 0.1) is 12.1 Å². The molecule has 6 rings (SSSR count). The molecule has 2 aliphatic heterocycles. The lowest BCUT2D eigenvalue weighted by Gasteiger charge is -2.47. The van der Waals surface area contributed by atoms with Gasteiger partial charge in [-0.1, -0.05) is 36.8 Å². The Morgan fingerprint density at radius 2 is 1.81 bits per heavy atom. The zero-order valence-electron chi connectivity index (χ0n) is 21.4. The number of aromatic nitrogens is 7. The maximum absolute atomic E-state index is 13.0. The van der Waals surface area contributed by atoms with Crippen LogP contribution in [0.1, 0.15) is 49.9 Å². The third-order valence-corrected chi connectivity index (χ3v) is 8.56. The fourth-order valence-electron chi connectivity index (χ4n) is 6.24. The molecule has 1 aromatic carbocycles. The number of rotatable bonds is 7. The van der Waals surface area contributed by atoms with E-state index in [1.807, 2.05) is 15.6 Å². The van der Waals surface area contributed by atoms with Crippen LogP contribution in [0.25, 0.3) is 0 Å². The Morgan fingerprint density at radius 1 is 0.973 bits per heavy atom. The molecule has 196 valence electrons. The average Bonchev–Trinajstić information content (AvgIpc) is 3.52. The van der Waals surface area contributed by atoms with Crippen LogP contribution in [0, 0.1) is 0 Å². The Labute approximate surface area is 217 Å². The number of amides is 1. The molecule has 3 fully saturated rings. The largest absolute Gasteiger partial charge is 0.341 e. The fourth-order valence-corrected chi connectivity index (χ4v) is 6.24. The van der Waals surface area contributed by atoms with Crippen molar-refractivity contribution in [2.75, 3.05) is 39.3 Å². The topological polar surface area (TPSA) is 101 Å². The van der Waals surface area contributed by atoms with Crippen LogP contribution >= 0.6 is 0 Å². The molecule has 37 heavy (non-hydrogen) atoms. The summed E-state index contributed by atoms with van der Waals surface area (Å²) in [6, 6.07) is 11.1. The van der Waals surface area contributed by atoms with E-state index in [0.717, 1.165) is 57.3 Å². The first-order chi connectivity index (χ1) is 18.2. The van der Waals surface area contributed by atoms with Gasteiger partial charge in [-0.2, -0.15) is 5.10 Å². The lowest BCUT2D eigenvalue weighted by Crippen LogP contribution is -2.56. The van der Waals surface area contributed by atoms with Gasteiger partial charge >= 0.3 is 0 Å². The van der Waals surface area contributed by atoms with Crippen molar-refractivity contribution < 1.29 is 4.79 Å². The monoisotopic (exact) mass is 504 g/mol. The number of benzene rings is 1. The van der Waals surface area contributed by atoms with Crippen molar-refractivity contribution in [2.45, 2.75) is 63.2 Å². The van der Waals surface area contributed by atoms with Crippen molar-refractivity contribution in [3.05, 3.63) is 54.4 Å². The minimum absolute atomic E-state index is 0.0787. The summed E-state index contributed by atoms with van der Waals surface area (Å²) in [5.41, 5.74) is 0.886. The smallest absolute Gasteiger partial charge is 0.244 e. The van der Waals surface area contributed by atoms with E-state index in [2.05, 4.69) is 59.7 Å². The van der Waals surface area contributed by atoms with Gasteiger partial charge in [0.1, 0.15) is 19.2 Å². The highest BCUT2D eigenvalue weighted by atomic mass is 16.2. The fraction of sp³-hybridized carbons (Fsp3) is 0.615. The minimum atomic E-state index is -0.294. The molecule has 0 bridgehead atoms. The molecular weight excluding hydrogens is 468 g/mol. The Hall–Kier alpha value is -3.18. The molecule has 0 N–H and O–H groups in total. The predicted octanol–water partition coefficient (Wildman–Crippen LogP) is 1.39. The normalized spacial score (nSPS) is 21.5. The van der Waals surface area contributed by atoms with Crippen molar-refractivity contribution in [2.24, 2.45) is 0 Å². The van der Waals surface area contributed by atoms with Crippen LogP contribution in [-0.2, 0) is 23.4 Å². The lowest BCUT2D eigenvalue weighted by molar-refractivity contribution is -0.135. The summed E-state index contributed by atoms with van der Waals surface area (Å²) in [4.78, 5) is 24.3. The number of carbonyl (C=O) groups is 1. The number of tetrazole rings is 1. The van der Waals surface area contributed by atoms with Crippen LogP contribution in [0.3, 0.4) is 0 Å². The van der Waals surface area contributed by atoms with Crippen molar-refractivity contribution in [3.63, 3.8) is 0 Å². The molecule has 11 heteroatoms. The second kappa shape index (κ2) is 10.7. The van der Waals surface area contributed by atoms with Gasteiger partial charge in [-0.3, -0.25) is 14.6 Å². The highest BCUT2D eigenvalue weighted by Gasteiger charge is 2.46. The zero-order chi connectivity index (χ0) is 25.1. The number of hydrogen-bond acceptors (Lipinski definition) is 8. The van der Waals surface area contributed by atoms with Crippen LogP contribution in [0.4, 0.5) is 0 Å². The van der Waals surface area contributed by atoms with Gasteiger partial charge in [-0.05, 0) is 54.6 Å². The first kappa shape index (κ1) is 24.2. The third-order valence-electron chi connectivity index (χ3n) is 8.56. The molecule has 1 saturated carbocycles. The van der Waals surface area contributed by atoms with Gasteiger partial charge < -0.3 is 4.90 Å². The highest BCUT2D eigenvalue weighted by Crippen LogP contribution is 2.39. The number of hydrogen-bond donors (Lipinski definition) is 0. The van der Waals surface area contributed by atoms with Gasteiger partial charge in [-0.15, -0.1) is 5.10 Å². The number of carbonyl (C=O) groups excluding carboxylic acids is 1. The maximum Gasteiger partial charge on any atom is 0.244 e. The standard InChI is InChI=1S/C26H36N10O/c37-24(19-35-21-27-20-28-35)33-14-10-26(11-15-33,34-13-5-12-32(16-17-34)23-8-4-9-23)25-29-30-31-36(25)18-22-6-2-1-3-7-22/h1-3,6-7,20-21,23H,4-5,8-19H2.